The van der Waals surface area contributed by atoms with Crippen LogP contribution in [0.25, 0.3) is 0 Å². The SMILES string of the molecule is CC(C)(C)CCOc1ccc(CNc2c(Cl)ccc3c2CCNCC3)cc1. The first-order valence-electron chi connectivity index (χ1n) is 9.89. The van der Waals surface area contributed by atoms with Crippen molar-refractivity contribution >= 4 is 17.3 Å². The molecule has 0 spiro atoms. The van der Waals surface area contributed by atoms with Gasteiger partial charge in [0.1, 0.15) is 5.75 Å². The molecule has 146 valence electrons. The van der Waals surface area contributed by atoms with Crippen LogP contribution in [-0.4, -0.2) is 19.7 Å². The zero-order valence-corrected chi connectivity index (χ0v) is 17.5. The van der Waals surface area contributed by atoms with Crippen LogP contribution >= 0.6 is 11.6 Å². The monoisotopic (exact) mass is 386 g/mol. The predicted molar refractivity (Wildman–Crippen MR) is 115 cm³/mol. The molecule has 2 aromatic rings. The van der Waals surface area contributed by atoms with Gasteiger partial charge in [0.05, 0.1) is 17.3 Å². The standard InChI is InChI=1S/C23H31ClN2O/c1-23(2,3)12-15-27-19-7-4-17(5-8-19)16-26-22-20-11-14-25-13-10-18(20)6-9-21(22)24/h4-9,25-26H,10-16H2,1-3H3. The van der Waals surface area contributed by atoms with E-state index in [0.717, 1.165) is 62.0 Å². The molecule has 0 bridgehead atoms. The van der Waals surface area contributed by atoms with Crippen molar-refractivity contribution in [2.75, 3.05) is 25.0 Å². The maximum atomic E-state index is 6.50. The van der Waals surface area contributed by atoms with Crippen LogP contribution in [0.15, 0.2) is 36.4 Å². The van der Waals surface area contributed by atoms with Gasteiger partial charge in [-0.1, -0.05) is 50.6 Å². The molecule has 3 nitrogen and oxygen atoms in total. The molecule has 0 saturated heterocycles. The van der Waals surface area contributed by atoms with Crippen LogP contribution in [-0.2, 0) is 19.4 Å². The molecule has 1 aliphatic rings. The third-order valence-corrected chi connectivity index (χ3v) is 5.31. The van der Waals surface area contributed by atoms with E-state index in [1.54, 1.807) is 0 Å². The van der Waals surface area contributed by atoms with Crippen LogP contribution in [0.4, 0.5) is 5.69 Å². The third kappa shape index (κ3) is 5.88. The Bertz CT molecular complexity index is 750. The topological polar surface area (TPSA) is 33.3 Å². The van der Waals surface area contributed by atoms with E-state index in [0.29, 0.717) is 5.41 Å². The van der Waals surface area contributed by atoms with Crippen LogP contribution in [0.1, 0.15) is 43.9 Å². The van der Waals surface area contributed by atoms with Crippen LogP contribution in [0, 0.1) is 5.41 Å². The minimum Gasteiger partial charge on any atom is -0.494 e. The molecule has 0 atom stereocenters. The molecule has 3 rings (SSSR count). The number of fused-ring (bicyclic) bond motifs is 1. The molecule has 1 aliphatic heterocycles. The Morgan fingerprint density at radius 2 is 1.78 bits per heavy atom. The van der Waals surface area contributed by atoms with Crippen LogP contribution in [0.5, 0.6) is 5.75 Å². The largest absolute Gasteiger partial charge is 0.494 e. The molecule has 4 heteroatoms. The minimum atomic E-state index is 0.298. The first kappa shape index (κ1) is 20.0. The maximum absolute atomic E-state index is 6.50. The maximum Gasteiger partial charge on any atom is 0.119 e. The highest BCUT2D eigenvalue weighted by molar-refractivity contribution is 6.33. The third-order valence-electron chi connectivity index (χ3n) is 5.00. The van der Waals surface area contributed by atoms with Gasteiger partial charge in [-0.3, -0.25) is 0 Å². The highest BCUT2D eigenvalue weighted by atomic mass is 35.5. The smallest absolute Gasteiger partial charge is 0.119 e. The summed E-state index contributed by atoms with van der Waals surface area (Å²) >= 11 is 6.50. The van der Waals surface area contributed by atoms with E-state index in [4.69, 9.17) is 16.3 Å². The molecular formula is C23H31ClN2O. The van der Waals surface area contributed by atoms with Gasteiger partial charge in [-0.05, 0) is 72.7 Å². The second kappa shape index (κ2) is 8.99. The van der Waals surface area contributed by atoms with Crippen LogP contribution < -0.4 is 15.4 Å². The fourth-order valence-corrected chi connectivity index (χ4v) is 3.55. The van der Waals surface area contributed by atoms with Gasteiger partial charge in [-0.2, -0.15) is 0 Å². The summed E-state index contributed by atoms with van der Waals surface area (Å²) in [5, 5.41) is 7.83. The van der Waals surface area contributed by atoms with E-state index < -0.39 is 0 Å². The van der Waals surface area contributed by atoms with E-state index in [2.05, 4.69) is 61.7 Å². The summed E-state index contributed by atoms with van der Waals surface area (Å²) in [6.45, 7) is 10.2. The van der Waals surface area contributed by atoms with Crippen molar-refractivity contribution in [3.05, 3.63) is 58.1 Å². The number of anilines is 1. The number of nitrogens with one attached hydrogen (secondary N) is 2. The Kier molecular flexibility index (Phi) is 6.67. The zero-order valence-electron chi connectivity index (χ0n) is 16.7. The Balaban J connectivity index is 1.60. The van der Waals surface area contributed by atoms with Gasteiger partial charge >= 0.3 is 0 Å². The molecule has 0 saturated carbocycles. The highest BCUT2D eigenvalue weighted by Gasteiger charge is 2.14. The summed E-state index contributed by atoms with van der Waals surface area (Å²) in [6.07, 6.45) is 3.11. The van der Waals surface area contributed by atoms with E-state index in [1.165, 1.54) is 16.7 Å². The van der Waals surface area contributed by atoms with Crippen molar-refractivity contribution < 1.29 is 4.74 Å². The van der Waals surface area contributed by atoms with Crippen molar-refractivity contribution in [3.8, 4) is 5.75 Å². The summed E-state index contributed by atoms with van der Waals surface area (Å²) in [6, 6.07) is 12.5. The normalized spacial score (nSPS) is 14.4. The van der Waals surface area contributed by atoms with Crippen molar-refractivity contribution in [1.82, 2.24) is 5.32 Å². The fraction of sp³-hybridized carbons (Fsp3) is 0.478. The molecule has 27 heavy (non-hydrogen) atoms. The van der Waals surface area contributed by atoms with Crippen LogP contribution in [0.3, 0.4) is 0 Å². The molecule has 0 aromatic heterocycles. The molecule has 0 aliphatic carbocycles. The second-order valence-electron chi connectivity index (χ2n) is 8.47. The lowest BCUT2D eigenvalue weighted by atomic mass is 9.93. The Hall–Kier alpha value is -1.71. The summed E-state index contributed by atoms with van der Waals surface area (Å²) in [5.74, 6) is 0.931. The van der Waals surface area contributed by atoms with E-state index in [1.807, 2.05) is 6.07 Å². The van der Waals surface area contributed by atoms with Gasteiger partial charge in [0, 0.05) is 6.54 Å². The first-order valence-corrected chi connectivity index (χ1v) is 10.3. The summed E-state index contributed by atoms with van der Waals surface area (Å²) in [7, 11) is 0. The number of hydrogen-bond donors (Lipinski definition) is 2. The summed E-state index contributed by atoms with van der Waals surface area (Å²) in [5.41, 5.74) is 5.36. The van der Waals surface area contributed by atoms with E-state index >= 15 is 0 Å². The van der Waals surface area contributed by atoms with Gasteiger partial charge in [-0.25, -0.2) is 0 Å². The average Bonchev–Trinajstić information content (AvgIpc) is 2.86. The lowest BCUT2D eigenvalue weighted by Crippen LogP contribution is -2.16. The van der Waals surface area contributed by atoms with Gasteiger partial charge < -0.3 is 15.4 Å². The van der Waals surface area contributed by atoms with Crippen molar-refractivity contribution in [1.29, 1.82) is 0 Å². The van der Waals surface area contributed by atoms with Gasteiger partial charge in [-0.15, -0.1) is 0 Å². The number of ether oxygens (including phenoxy) is 1. The van der Waals surface area contributed by atoms with Crippen molar-refractivity contribution in [2.45, 2.75) is 46.6 Å². The fourth-order valence-electron chi connectivity index (χ4n) is 3.30. The molecule has 2 aromatic carbocycles. The number of benzene rings is 2. The minimum absolute atomic E-state index is 0.298. The van der Waals surface area contributed by atoms with Gasteiger partial charge in [0.15, 0.2) is 0 Å². The first-order chi connectivity index (χ1) is 12.9. The van der Waals surface area contributed by atoms with Gasteiger partial charge in [0.2, 0.25) is 0 Å². The predicted octanol–water partition coefficient (Wildman–Crippen LogP) is 5.46. The quantitative estimate of drug-likeness (QED) is 0.692. The summed E-state index contributed by atoms with van der Waals surface area (Å²) < 4.78 is 5.86. The Labute approximate surface area is 168 Å². The van der Waals surface area contributed by atoms with Crippen molar-refractivity contribution in [3.63, 3.8) is 0 Å². The number of hydrogen-bond acceptors (Lipinski definition) is 3. The molecule has 1 heterocycles. The van der Waals surface area contributed by atoms with Crippen LogP contribution in [0.2, 0.25) is 5.02 Å². The Morgan fingerprint density at radius 3 is 2.52 bits per heavy atom. The lowest BCUT2D eigenvalue weighted by molar-refractivity contribution is 0.243. The summed E-state index contributed by atoms with van der Waals surface area (Å²) in [4.78, 5) is 0. The highest BCUT2D eigenvalue weighted by Crippen LogP contribution is 2.31. The molecule has 0 radical (unpaired) electrons. The molecular weight excluding hydrogens is 356 g/mol. The lowest BCUT2D eigenvalue weighted by Gasteiger charge is -2.18. The van der Waals surface area contributed by atoms with E-state index in [9.17, 15) is 0 Å². The van der Waals surface area contributed by atoms with Crippen molar-refractivity contribution in [2.24, 2.45) is 5.41 Å². The average molecular weight is 387 g/mol. The molecule has 2 N–H and O–H groups in total. The number of rotatable bonds is 6. The van der Waals surface area contributed by atoms with E-state index in [-0.39, 0.29) is 0 Å². The Morgan fingerprint density at radius 1 is 1.04 bits per heavy atom. The molecule has 0 amide bonds. The number of halogens is 1. The zero-order chi connectivity index (χ0) is 19.3. The molecule has 0 unspecified atom stereocenters. The van der Waals surface area contributed by atoms with Gasteiger partial charge in [0.25, 0.3) is 0 Å². The second-order valence-corrected chi connectivity index (χ2v) is 8.87. The molecule has 0 fully saturated rings.